The first-order valence-corrected chi connectivity index (χ1v) is 7.13. The van der Waals surface area contributed by atoms with Crippen LogP contribution in [0.25, 0.3) is 5.82 Å². The molecule has 0 aromatic carbocycles. The van der Waals surface area contributed by atoms with E-state index < -0.39 is 5.91 Å². The predicted octanol–water partition coefficient (Wildman–Crippen LogP) is 0.196. The van der Waals surface area contributed by atoms with Crippen LogP contribution < -0.4 is 5.73 Å². The van der Waals surface area contributed by atoms with Crippen molar-refractivity contribution in [2.75, 3.05) is 13.6 Å². The molecular weight excluding hydrogens is 294 g/mol. The number of rotatable bonds is 2. The number of pyridine rings is 1. The van der Waals surface area contributed by atoms with Crippen molar-refractivity contribution in [1.82, 2.24) is 19.7 Å². The molecule has 1 atom stereocenters. The first-order valence-electron chi connectivity index (χ1n) is 7.13. The highest BCUT2D eigenvalue weighted by Crippen LogP contribution is 2.15. The Bertz CT molecular complexity index is 830. The molecular formula is C16H15N5O2. The van der Waals surface area contributed by atoms with E-state index in [9.17, 15) is 9.59 Å². The number of aromatic nitrogens is 3. The number of likely N-dealkylation sites (tertiary alicyclic amines) is 1. The molecule has 0 radical (unpaired) electrons. The summed E-state index contributed by atoms with van der Waals surface area (Å²) in [5.74, 6) is 5.76. The molecule has 1 fully saturated rings. The lowest BCUT2D eigenvalue weighted by molar-refractivity contribution is -0.128. The van der Waals surface area contributed by atoms with E-state index in [4.69, 9.17) is 5.73 Å². The van der Waals surface area contributed by atoms with Gasteiger partial charge in [-0.15, -0.1) is 0 Å². The van der Waals surface area contributed by atoms with Gasteiger partial charge in [-0.05, 0) is 24.6 Å². The molecule has 2 amide bonds. The largest absolute Gasteiger partial charge is 0.364 e. The molecule has 1 unspecified atom stereocenters. The number of nitrogens with two attached hydrogens (primary N) is 1. The first kappa shape index (κ1) is 14.8. The van der Waals surface area contributed by atoms with E-state index >= 15 is 0 Å². The van der Waals surface area contributed by atoms with Crippen LogP contribution in [0.5, 0.6) is 0 Å². The van der Waals surface area contributed by atoms with Crippen molar-refractivity contribution in [1.29, 1.82) is 0 Å². The summed E-state index contributed by atoms with van der Waals surface area (Å²) in [5, 5.41) is 4.05. The SMILES string of the molecule is CN1CCC(C#Cc2ccnc(-n3ccc(C(N)=O)n3)c2)C1=O. The third-order valence-corrected chi connectivity index (χ3v) is 3.64. The highest BCUT2D eigenvalue weighted by Gasteiger charge is 2.27. The second kappa shape index (κ2) is 5.93. The summed E-state index contributed by atoms with van der Waals surface area (Å²) in [4.78, 5) is 28.8. The highest BCUT2D eigenvalue weighted by molar-refractivity contribution is 5.90. The summed E-state index contributed by atoms with van der Waals surface area (Å²) in [6.45, 7) is 0.739. The van der Waals surface area contributed by atoms with Crippen molar-refractivity contribution in [2.24, 2.45) is 11.7 Å². The maximum absolute atomic E-state index is 11.8. The molecule has 2 N–H and O–H groups in total. The molecule has 0 spiro atoms. The lowest BCUT2D eigenvalue weighted by Crippen LogP contribution is -2.21. The normalized spacial score (nSPS) is 17.0. The van der Waals surface area contributed by atoms with Gasteiger partial charge in [0.1, 0.15) is 11.6 Å². The monoisotopic (exact) mass is 309 g/mol. The van der Waals surface area contributed by atoms with E-state index in [2.05, 4.69) is 21.9 Å². The van der Waals surface area contributed by atoms with Crippen molar-refractivity contribution in [3.63, 3.8) is 0 Å². The number of carbonyl (C=O) groups excluding carboxylic acids is 2. The number of amides is 2. The summed E-state index contributed by atoms with van der Waals surface area (Å²) in [6, 6.07) is 5.03. The fraction of sp³-hybridized carbons (Fsp3) is 0.250. The van der Waals surface area contributed by atoms with Crippen molar-refractivity contribution >= 4 is 11.8 Å². The van der Waals surface area contributed by atoms with Crippen molar-refractivity contribution in [3.05, 3.63) is 41.9 Å². The van der Waals surface area contributed by atoms with Crippen LogP contribution in [0.3, 0.4) is 0 Å². The summed E-state index contributed by atoms with van der Waals surface area (Å²) in [7, 11) is 1.78. The van der Waals surface area contributed by atoms with Gasteiger partial charge in [0, 0.05) is 31.5 Å². The van der Waals surface area contributed by atoms with E-state index in [0.717, 1.165) is 18.5 Å². The molecule has 1 saturated heterocycles. The average Bonchev–Trinajstić information content (AvgIpc) is 3.15. The van der Waals surface area contributed by atoms with E-state index in [1.54, 1.807) is 36.5 Å². The fourth-order valence-electron chi connectivity index (χ4n) is 2.33. The highest BCUT2D eigenvalue weighted by atomic mass is 16.2. The second-order valence-electron chi connectivity index (χ2n) is 5.28. The van der Waals surface area contributed by atoms with Crippen LogP contribution in [0.4, 0.5) is 0 Å². The minimum atomic E-state index is -0.594. The molecule has 1 aliphatic rings. The molecule has 3 rings (SSSR count). The van der Waals surface area contributed by atoms with Gasteiger partial charge in [0.15, 0.2) is 5.82 Å². The third-order valence-electron chi connectivity index (χ3n) is 3.64. The Morgan fingerprint density at radius 3 is 2.91 bits per heavy atom. The number of nitrogens with zero attached hydrogens (tertiary/aromatic N) is 4. The predicted molar refractivity (Wildman–Crippen MR) is 82.5 cm³/mol. The van der Waals surface area contributed by atoms with Gasteiger partial charge in [-0.3, -0.25) is 9.59 Å². The van der Waals surface area contributed by atoms with E-state index in [0.29, 0.717) is 5.82 Å². The summed E-state index contributed by atoms with van der Waals surface area (Å²) in [5.41, 5.74) is 6.08. The summed E-state index contributed by atoms with van der Waals surface area (Å²) >= 11 is 0. The van der Waals surface area contributed by atoms with Gasteiger partial charge in [0.2, 0.25) is 5.91 Å². The van der Waals surface area contributed by atoms with E-state index in [1.807, 2.05) is 0 Å². The zero-order valence-electron chi connectivity index (χ0n) is 12.6. The van der Waals surface area contributed by atoms with Crippen LogP contribution in [-0.4, -0.2) is 45.1 Å². The Morgan fingerprint density at radius 1 is 1.43 bits per heavy atom. The molecule has 1 aliphatic heterocycles. The molecule has 116 valence electrons. The topological polar surface area (TPSA) is 94.1 Å². The minimum Gasteiger partial charge on any atom is -0.364 e. The van der Waals surface area contributed by atoms with E-state index in [-0.39, 0.29) is 17.5 Å². The Kier molecular flexibility index (Phi) is 3.81. The lowest BCUT2D eigenvalue weighted by atomic mass is 10.1. The van der Waals surface area contributed by atoms with Crippen LogP contribution in [0, 0.1) is 17.8 Å². The Labute approximate surface area is 133 Å². The minimum absolute atomic E-state index is 0.0601. The lowest BCUT2D eigenvalue weighted by Gasteiger charge is -2.05. The van der Waals surface area contributed by atoms with Gasteiger partial charge in [0.25, 0.3) is 5.91 Å². The summed E-state index contributed by atoms with van der Waals surface area (Å²) < 4.78 is 1.46. The van der Waals surface area contributed by atoms with E-state index in [1.165, 1.54) is 10.7 Å². The van der Waals surface area contributed by atoms with Gasteiger partial charge >= 0.3 is 0 Å². The molecule has 2 aromatic heterocycles. The molecule has 2 aromatic rings. The van der Waals surface area contributed by atoms with Crippen LogP contribution in [0.2, 0.25) is 0 Å². The zero-order chi connectivity index (χ0) is 16.4. The molecule has 0 saturated carbocycles. The smallest absolute Gasteiger partial charge is 0.269 e. The summed E-state index contributed by atoms with van der Waals surface area (Å²) in [6.07, 6.45) is 3.96. The molecule has 3 heterocycles. The number of hydrogen-bond donors (Lipinski definition) is 1. The van der Waals surface area contributed by atoms with Crippen LogP contribution in [-0.2, 0) is 4.79 Å². The second-order valence-corrected chi connectivity index (χ2v) is 5.28. The van der Waals surface area contributed by atoms with Crippen molar-refractivity contribution < 1.29 is 9.59 Å². The fourth-order valence-corrected chi connectivity index (χ4v) is 2.33. The van der Waals surface area contributed by atoms with Gasteiger partial charge in [0.05, 0.1) is 0 Å². The standard InChI is InChI=1S/C16H15N5O2/c1-20-8-5-12(16(20)23)3-2-11-4-7-18-14(10-11)21-9-6-13(19-21)15(17)22/h4,6-7,9-10,12H,5,8H2,1H3,(H2,17,22). The van der Waals surface area contributed by atoms with Gasteiger partial charge in [-0.1, -0.05) is 11.8 Å². The molecule has 0 aliphatic carbocycles. The van der Waals surface area contributed by atoms with Gasteiger partial charge in [-0.2, -0.15) is 5.10 Å². The first-order chi connectivity index (χ1) is 11.0. The Balaban J connectivity index is 1.83. The van der Waals surface area contributed by atoms with Gasteiger partial charge in [-0.25, -0.2) is 9.67 Å². The van der Waals surface area contributed by atoms with Crippen LogP contribution in [0.1, 0.15) is 22.5 Å². The Hall–Kier alpha value is -3.14. The van der Waals surface area contributed by atoms with Crippen LogP contribution >= 0.6 is 0 Å². The van der Waals surface area contributed by atoms with Crippen LogP contribution in [0.15, 0.2) is 30.6 Å². The van der Waals surface area contributed by atoms with Crippen molar-refractivity contribution in [3.8, 4) is 17.7 Å². The average molecular weight is 309 g/mol. The molecule has 7 nitrogen and oxygen atoms in total. The number of carbonyl (C=O) groups is 2. The third kappa shape index (κ3) is 3.06. The maximum Gasteiger partial charge on any atom is 0.269 e. The molecule has 0 bridgehead atoms. The zero-order valence-corrected chi connectivity index (χ0v) is 12.6. The quantitative estimate of drug-likeness (QED) is 0.802. The number of primary amides is 1. The molecule has 7 heteroatoms. The Morgan fingerprint density at radius 2 is 2.26 bits per heavy atom. The maximum atomic E-state index is 11.8. The van der Waals surface area contributed by atoms with Crippen molar-refractivity contribution in [2.45, 2.75) is 6.42 Å². The molecule has 23 heavy (non-hydrogen) atoms. The number of hydrogen-bond acceptors (Lipinski definition) is 4. The van der Waals surface area contributed by atoms with Gasteiger partial charge < -0.3 is 10.6 Å².